The van der Waals surface area contributed by atoms with E-state index in [9.17, 15) is 14.0 Å². The number of carbonyl (C=O) groups is 2. The predicted octanol–water partition coefficient (Wildman–Crippen LogP) is 2.19. The van der Waals surface area contributed by atoms with Crippen LogP contribution < -0.4 is 10.2 Å². The molecule has 1 N–H and O–H groups in total. The van der Waals surface area contributed by atoms with Gasteiger partial charge in [0.1, 0.15) is 5.82 Å². The zero-order valence-corrected chi connectivity index (χ0v) is 11.3. The number of methoxy groups -OCH3 is 1. The van der Waals surface area contributed by atoms with Crippen LogP contribution in [-0.4, -0.2) is 32.2 Å². The van der Waals surface area contributed by atoms with E-state index in [0.717, 1.165) is 0 Å². The largest absolute Gasteiger partial charge is 0.453 e. The van der Waals surface area contributed by atoms with Crippen LogP contribution in [0.15, 0.2) is 18.2 Å². The lowest BCUT2D eigenvalue weighted by atomic mass is 10.2. The third-order valence-electron chi connectivity index (χ3n) is 2.39. The maximum absolute atomic E-state index is 13.1. The summed E-state index contributed by atoms with van der Waals surface area (Å²) in [5.41, 5.74) is 0.463. The van der Waals surface area contributed by atoms with Crippen LogP contribution in [-0.2, 0) is 9.53 Å². The molecule has 5 nitrogen and oxygen atoms in total. The molecule has 0 aliphatic rings. The van der Waals surface area contributed by atoms with Gasteiger partial charge >= 0.3 is 6.09 Å². The van der Waals surface area contributed by atoms with E-state index in [1.807, 2.05) is 0 Å². The second-order valence-corrected chi connectivity index (χ2v) is 4.09. The number of hydrogen-bond acceptors (Lipinski definition) is 3. The van der Waals surface area contributed by atoms with E-state index in [4.69, 9.17) is 11.6 Å². The van der Waals surface area contributed by atoms with Crippen LogP contribution in [0.1, 0.15) is 6.92 Å². The highest BCUT2D eigenvalue weighted by Crippen LogP contribution is 2.22. The molecule has 1 rings (SSSR count). The van der Waals surface area contributed by atoms with E-state index in [-0.39, 0.29) is 24.0 Å². The Labute approximate surface area is 115 Å². The molecule has 0 atom stereocenters. The summed E-state index contributed by atoms with van der Waals surface area (Å²) in [7, 11) is 1.25. The Kier molecular flexibility index (Phi) is 5.57. The summed E-state index contributed by atoms with van der Waals surface area (Å²) < 4.78 is 17.5. The number of nitrogens with one attached hydrogen (secondary N) is 1. The summed E-state index contributed by atoms with van der Waals surface area (Å²) in [4.78, 5) is 23.8. The highest BCUT2D eigenvalue weighted by Gasteiger charge is 2.13. The molecule has 0 heterocycles. The van der Waals surface area contributed by atoms with Crippen molar-refractivity contribution in [2.45, 2.75) is 6.92 Å². The summed E-state index contributed by atoms with van der Waals surface area (Å²) in [5.74, 6) is -0.795. The second kappa shape index (κ2) is 6.94. The third kappa shape index (κ3) is 4.40. The van der Waals surface area contributed by atoms with Crippen LogP contribution in [0.3, 0.4) is 0 Å². The number of nitrogens with zero attached hydrogens (tertiary/aromatic N) is 1. The minimum atomic E-state index is -0.583. The smallest absolute Gasteiger partial charge is 0.406 e. The number of rotatable bonds is 4. The number of amides is 2. The molecule has 0 aliphatic heterocycles. The van der Waals surface area contributed by atoms with Crippen molar-refractivity contribution < 1.29 is 18.7 Å². The molecule has 7 heteroatoms. The number of ether oxygens (including phenoxy) is 1. The SMILES string of the molecule is COC(=O)NCCN(C(C)=O)c1ccc(F)c(Cl)c1. The van der Waals surface area contributed by atoms with Gasteiger partial charge in [0.2, 0.25) is 5.91 Å². The van der Waals surface area contributed by atoms with E-state index >= 15 is 0 Å². The number of carbonyl (C=O) groups excluding carboxylic acids is 2. The van der Waals surface area contributed by atoms with Crippen molar-refractivity contribution in [1.82, 2.24) is 5.32 Å². The van der Waals surface area contributed by atoms with Gasteiger partial charge in [-0.3, -0.25) is 4.79 Å². The standard InChI is InChI=1S/C12H14ClFN2O3/c1-8(17)16(6-5-15-12(18)19-2)9-3-4-11(14)10(13)7-9/h3-4,7H,5-6H2,1-2H3,(H,15,18). The van der Waals surface area contributed by atoms with Gasteiger partial charge < -0.3 is 15.0 Å². The first-order valence-corrected chi connectivity index (χ1v) is 5.88. The molecule has 0 saturated carbocycles. The molecule has 0 radical (unpaired) electrons. The van der Waals surface area contributed by atoms with Gasteiger partial charge in [-0.15, -0.1) is 0 Å². The van der Waals surface area contributed by atoms with Gasteiger partial charge in [-0.2, -0.15) is 0 Å². The first kappa shape index (κ1) is 15.2. The number of benzene rings is 1. The van der Waals surface area contributed by atoms with Crippen LogP contribution >= 0.6 is 11.6 Å². The van der Waals surface area contributed by atoms with Crippen molar-refractivity contribution in [3.63, 3.8) is 0 Å². The molecule has 0 spiro atoms. The maximum atomic E-state index is 13.1. The van der Waals surface area contributed by atoms with Crippen LogP contribution in [0.25, 0.3) is 0 Å². The summed E-state index contributed by atoms with van der Waals surface area (Å²) in [5, 5.41) is 2.39. The number of halogens is 2. The van der Waals surface area contributed by atoms with Gasteiger partial charge in [0.15, 0.2) is 0 Å². The minimum Gasteiger partial charge on any atom is -0.453 e. The molecule has 1 aromatic carbocycles. The number of hydrogen-bond donors (Lipinski definition) is 1. The summed E-state index contributed by atoms with van der Waals surface area (Å²) in [6.45, 7) is 1.81. The highest BCUT2D eigenvalue weighted by atomic mass is 35.5. The van der Waals surface area contributed by atoms with Crippen molar-refractivity contribution in [2.75, 3.05) is 25.1 Å². The second-order valence-electron chi connectivity index (χ2n) is 3.69. The monoisotopic (exact) mass is 288 g/mol. The van der Waals surface area contributed by atoms with Crippen molar-refractivity contribution in [1.29, 1.82) is 0 Å². The predicted molar refractivity (Wildman–Crippen MR) is 69.8 cm³/mol. The molecule has 0 unspecified atom stereocenters. The van der Waals surface area contributed by atoms with Crippen molar-refractivity contribution in [3.8, 4) is 0 Å². The topological polar surface area (TPSA) is 58.6 Å². The first-order chi connectivity index (χ1) is 8.95. The lowest BCUT2D eigenvalue weighted by Crippen LogP contribution is -2.37. The molecular weight excluding hydrogens is 275 g/mol. The van der Waals surface area contributed by atoms with Gasteiger partial charge in [-0.1, -0.05) is 11.6 Å². The summed E-state index contributed by atoms with van der Waals surface area (Å²) in [6, 6.07) is 3.98. The van der Waals surface area contributed by atoms with Crippen molar-refractivity contribution >= 4 is 29.3 Å². The van der Waals surface area contributed by atoms with Crippen LogP contribution in [0.2, 0.25) is 5.02 Å². The van der Waals surface area contributed by atoms with Crippen molar-refractivity contribution in [2.24, 2.45) is 0 Å². The van der Waals surface area contributed by atoms with Gasteiger partial charge in [-0.05, 0) is 18.2 Å². The van der Waals surface area contributed by atoms with Crippen LogP contribution in [0, 0.1) is 5.82 Å². The van der Waals surface area contributed by atoms with E-state index in [1.54, 1.807) is 0 Å². The molecule has 104 valence electrons. The van der Waals surface area contributed by atoms with Crippen LogP contribution in [0.4, 0.5) is 14.9 Å². The molecule has 0 bridgehead atoms. The molecule has 0 fully saturated rings. The van der Waals surface area contributed by atoms with E-state index in [2.05, 4.69) is 10.1 Å². The van der Waals surface area contributed by atoms with Gasteiger partial charge in [0.05, 0.1) is 12.1 Å². The van der Waals surface area contributed by atoms with Crippen LogP contribution in [0.5, 0.6) is 0 Å². The Hall–Kier alpha value is -1.82. The Morgan fingerprint density at radius 2 is 2.16 bits per heavy atom. The first-order valence-electron chi connectivity index (χ1n) is 5.50. The molecule has 0 saturated heterocycles. The summed E-state index contributed by atoms with van der Waals surface area (Å²) in [6.07, 6.45) is -0.583. The molecule has 2 amide bonds. The maximum Gasteiger partial charge on any atom is 0.406 e. The summed E-state index contributed by atoms with van der Waals surface area (Å²) >= 11 is 5.67. The van der Waals surface area contributed by atoms with E-state index < -0.39 is 11.9 Å². The fourth-order valence-electron chi connectivity index (χ4n) is 1.46. The minimum absolute atomic E-state index is 0.0651. The number of anilines is 1. The Bertz CT molecular complexity index is 482. The van der Waals surface area contributed by atoms with Crippen molar-refractivity contribution in [3.05, 3.63) is 29.0 Å². The Morgan fingerprint density at radius 3 is 2.68 bits per heavy atom. The van der Waals surface area contributed by atoms with E-state index in [0.29, 0.717) is 5.69 Å². The number of alkyl carbamates (subject to hydrolysis) is 1. The molecule has 0 aliphatic carbocycles. The molecular formula is C12H14ClFN2O3. The molecule has 0 aromatic heterocycles. The lowest BCUT2D eigenvalue weighted by Gasteiger charge is -2.21. The molecule has 1 aromatic rings. The van der Waals surface area contributed by atoms with E-state index in [1.165, 1.54) is 37.1 Å². The zero-order chi connectivity index (χ0) is 14.4. The van der Waals surface area contributed by atoms with Gasteiger partial charge in [-0.25, -0.2) is 9.18 Å². The van der Waals surface area contributed by atoms with Gasteiger partial charge in [0.25, 0.3) is 0 Å². The molecule has 19 heavy (non-hydrogen) atoms. The quantitative estimate of drug-likeness (QED) is 0.924. The Morgan fingerprint density at radius 1 is 1.47 bits per heavy atom. The highest BCUT2D eigenvalue weighted by molar-refractivity contribution is 6.31. The zero-order valence-electron chi connectivity index (χ0n) is 10.6. The fraction of sp³-hybridized carbons (Fsp3) is 0.333. The average Bonchev–Trinajstić information content (AvgIpc) is 2.37. The third-order valence-corrected chi connectivity index (χ3v) is 2.67. The average molecular weight is 289 g/mol. The normalized spacial score (nSPS) is 9.89. The Balaban J connectivity index is 2.74. The fourth-order valence-corrected chi connectivity index (χ4v) is 1.64. The van der Waals surface area contributed by atoms with Gasteiger partial charge in [0, 0.05) is 25.7 Å². The lowest BCUT2D eigenvalue weighted by molar-refractivity contribution is -0.116.